The Hall–Kier alpha value is -2.10. The van der Waals surface area contributed by atoms with E-state index < -0.39 is 18.8 Å². The van der Waals surface area contributed by atoms with Gasteiger partial charge in [0.05, 0.1) is 43.3 Å². The molecule has 0 spiro atoms. The van der Waals surface area contributed by atoms with Gasteiger partial charge >= 0.3 is 13.2 Å². The molecule has 8 nitrogen and oxygen atoms in total. The Bertz CT molecular complexity index is 1030. The highest BCUT2D eigenvalue weighted by molar-refractivity contribution is 6.48. The summed E-state index contributed by atoms with van der Waals surface area (Å²) in [5.41, 5.74) is 0.445. The maximum absolute atomic E-state index is 13.3. The van der Waals surface area contributed by atoms with Gasteiger partial charge in [0.15, 0.2) is 0 Å². The number of hydrogen-bond donors (Lipinski definition) is 1. The van der Waals surface area contributed by atoms with E-state index in [9.17, 15) is 9.59 Å². The number of morpholine rings is 1. The van der Waals surface area contributed by atoms with Gasteiger partial charge in [-0.1, -0.05) is 44.2 Å². The zero-order chi connectivity index (χ0) is 27.3. The standard InChI is InChI=1S/C29H43BN2O6/c1-27(2,3)36-26(34)32-12-13-35-21(18-32)17-25(33)31-24(14-19-10-8-7-9-11-19)30-37-23-16-20-15-22(28(20,4)5)29(23,6)38-30/h7-11,20-24H,12-18H2,1-6H3,(H,31,33)/t20?,21?,22?,23?,24?,29-/m0/s1. The Kier molecular flexibility index (Phi) is 7.33. The van der Waals surface area contributed by atoms with Crippen molar-refractivity contribution in [2.75, 3.05) is 19.7 Å². The van der Waals surface area contributed by atoms with Crippen LogP contribution >= 0.6 is 0 Å². The van der Waals surface area contributed by atoms with E-state index in [-0.39, 0.29) is 41.5 Å². The summed E-state index contributed by atoms with van der Waals surface area (Å²) in [4.78, 5) is 27.5. The second-order valence-corrected chi connectivity index (χ2v) is 13.3. The zero-order valence-electron chi connectivity index (χ0n) is 23.7. The van der Waals surface area contributed by atoms with Gasteiger partial charge in [-0.3, -0.25) is 4.79 Å². The molecule has 208 valence electrons. The molecule has 2 saturated heterocycles. The topological polar surface area (TPSA) is 86.3 Å². The van der Waals surface area contributed by atoms with Crippen LogP contribution in [0.1, 0.15) is 66.4 Å². The maximum Gasteiger partial charge on any atom is 0.482 e. The quantitative estimate of drug-likeness (QED) is 0.564. The predicted molar refractivity (Wildman–Crippen MR) is 144 cm³/mol. The highest BCUT2D eigenvalue weighted by Crippen LogP contribution is 2.65. The monoisotopic (exact) mass is 526 g/mol. The minimum Gasteiger partial charge on any atom is -0.444 e. The smallest absolute Gasteiger partial charge is 0.444 e. The predicted octanol–water partition coefficient (Wildman–Crippen LogP) is 4.01. The van der Waals surface area contributed by atoms with Crippen molar-refractivity contribution in [1.82, 2.24) is 10.2 Å². The van der Waals surface area contributed by atoms with Crippen molar-refractivity contribution in [3.63, 3.8) is 0 Å². The normalized spacial score (nSPS) is 32.7. The summed E-state index contributed by atoms with van der Waals surface area (Å²) in [6, 6.07) is 10.1. The van der Waals surface area contributed by atoms with Crippen molar-refractivity contribution < 1.29 is 28.4 Å². The third kappa shape index (κ3) is 5.47. The third-order valence-electron chi connectivity index (χ3n) is 9.15. The molecule has 5 unspecified atom stereocenters. The maximum atomic E-state index is 13.3. The number of rotatable bonds is 6. The van der Waals surface area contributed by atoms with Crippen LogP contribution in [0.4, 0.5) is 4.79 Å². The number of carbonyl (C=O) groups excluding carboxylic acids is 2. The third-order valence-corrected chi connectivity index (χ3v) is 9.15. The number of amides is 2. The lowest BCUT2D eigenvalue weighted by molar-refractivity contribution is -0.199. The summed E-state index contributed by atoms with van der Waals surface area (Å²) in [5, 5.41) is 3.21. The van der Waals surface area contributed by atoms with Crippen LogP contribution in [-0.4, -0.2) is 73.1 Å². The second kappa shape index (κ2) is 10.1. The van der Waals surface area contributed by atoms with Crippen LogP contribution in [0.3, 0.4) is 0 Å². The number of ether oxygens (including phenoxy) is 2. The van der Waals surface area contributed by atoms with Crippen LogP contribution < -0.4 is 5.32 Å². The summed E-state index contributed by atoms with van der Waals surface area (Å²) in [6.07, 6.45) is 2.20. The number of nitrogens with one attached hydrogen (secondary N) is 1. The first-order chi connectivity index (χ1) is 17.8. The fraction of sp³-hybridized carbons (Fsp3) is 0.724. The largest absolute Gasteiger partial charge is 0.482 e. The van der Waals surface area contributed by atoms with E-state index in [2.05, 4.69) is 38.2 Å². The number of hydrogen-bond acceptors (Lipinski definition) is 6. The summed E-state index contributed by atoms with van der Waals surface area (Å²) in [6.45, 7) is 13.6. The van der Waals surface area contributed by atoms with Gasteiger partial charge in [0.25, 0.3) is 0 Å². The SMILES string of the molecule is CC(C)(C)OC(=O)N1CCOC(CC(=O)NC(Cc2ccccc2)B2OC3CC4CC(C4(C)C)[C@]3(C)O2)C1. The van der Waals surface area contributed by atoms with E-state index in [0.29, 0.717) is 38.0 Å². The Balaban J connectivity index is 1.24. The Morgan fingerprint density at radius 3 is 2.61 bits per heavy atom. The molecule has 38 heavy (non-hydrogen) atoms. The molecule has 2 amide bonds. The lowest BCUT2D eigenvalue weighted by Crippen LogP contribution is -2.65. The summed E-state index contributed by atoms with van der Waals surface area (Å²) >= 11 is 0. The highest BCUT2D eigenvalue weighted by atomic mass is 16.7. The molecule has 1 N–H and O–H groups in total. The molecule has 5 fully saturated rings. The average molecular weight is 526 g/mol. The molecule has 5 aliphatic rings. The van der Waals surface area contributed by atoms with Crippen molar-refractivity contribution in [3.05, 3.63) is 35.9 Å². The lowest BCUT2D eigenvalue weighted by Gasteiger charge is -2.64. The van der Waals surface area contributed by atoms with Crippen molar-refractivity contribution in [2.45, 2.75) is 96.6 Å². The van der Waals surface area contributed by atoms with Crippen molar-refractivity contribution in [2.24, 2.45) is 17.3 Å². The van der Waals surface area contributed by atoms with E-state index in [4.69, 9.17) is 18.8 Å². The van der Waals surface area contributed by atoms with Crippen molar-refractivity contribution >= 4 is 19.1 Å². The molecule has 0 radical (unpaired) electrons. The second-order valence-electron chi connectivity index (χ2n) is 13.3. The van der Waals surface area contributed by atoms with Gasteiger partial charge in [0, 0.05) is 6.54 Å². The van der Waals surface area contributed by atoms with E-state index >= 15 is 0 Å². The lowest BCUT2D eigenvalue weighted by atomic mass is 9.43. The minimum absolute atomic E-state index is 0.0449. The van der Waals surface area contributed by atoms with Crippen LogP contribution in [0.5, 0.6) is 0 Å². The van der Waals surface area contributed by atoms with Gasteiger partial charge in [0.1, 0.15) is 5.60 Å². The van der Waals surface area contributed by atoms with E-state index in [1.807, 2.05) is 39.0 Å². The fourth-order valence-corrected chi connectivity index (χ4v) is 6.96. The average Bonchev–Trinajstić information content (AvgIpc) is 3.20. The molecule has 3 aliphatic carbocycles. The molecule has 1 aromatic rings. The van der Waals surface area contributed by atoms with Gasteiger partial charge in [-0.15, -0.1) is 0 Å². The van der Waals surface area contributed by atoms with E-state index in [0.717, 1.165) is 12.0 Å². The molecular formula is C29H43BN2O6. The Morgan fingerprint density at radius 2 is 1.92 bits per heavy atom. The van der Waals surface area contributed by atoms with Crippen LogP contribution in [0.25, 0.3) is 0 Å². The van der Waals surface area contributed by atoms with Crippen LogP contribution in [0, 0.1) is 17.3 Å². The zero-order valence-corrected chi connectivity index (χ0v) is 23.7. The molecule has 6 rings (SSSR count). The number of carbonyl (C=O) groups is 2. The molecule has 2 bridgehead atoms. The molecule has 2 heterocycles. The molecule has 6 atom stereocenters. The number of nitrogens with zero attached hydrogens (tertiary/aromatic N) is 1. The van der Waals surface area contributed by atoms with E-state index in [1.165, 1.54) is 6.42 Å². The van der Waals surface area contributed by atoms with Gasteiger partial charge in [-0.25, -0.2) is 4.79 Å². The number of benzene rings is 1. The first-order valence-corrected chi connectivity index (χ1v) is 14.1. The van der Waals surface area contributed by atoms with Gasteiger partial charge < -0.3 is 29.0 Å². The van der Waals surface area contributed by atoms with Gasteiger partial charge in [-0.2, -0.15) is 0 Å². The van der Waals surface area contributed by atoms with Crippen LogP contribution in [0.15, 0.2) is 30.3 Å². The molecule has 3 saturated carbocycles. The molecule has 1 aromatic carbocycles. The Labute approximate surface area is 227 Å². The Morgan fingerprint density at radius 1 is 1.18 bits per heavy atom. The first kappa shape index (κ1) is 27.5. The van der Waals surface area contributed by atoms with Crippen LogP contribution in [-0.2, 0) is 30.0 Å². The molecular weight excluding hydrogens is 483 g/mol. The molecule has 2 aliphatic heterocycles. The fourth-order valence-electron chi connectivity index (χ4n) is 6.96. The highest BCUT2D eigenvalue weighted by Gasteiger charge is 2.68. The van der Waals surface area contributed by atoms with Gasteiger partial charge in [-0.05, 0) is 69.8 Å². The van der Waals surface area contributed by atoms with Crippen molar-refractivity contribution in [3.8, 4) is 0 Å². The summed E-state index contributed by atoms with van der Waals surface area (Å²) in [5.74, 6) is 0.634. The molecule has 9 heteroatoms. The minimum atomic E-state index is -0.572. The molecule has 0 aromatic heterocycles. The van der Waals surface area contributed by atoms with E-state index in [1.54, 1.807) is 4.90 Å². The first-order valence-electron chi connectivity index (χ1n) is 14.1. The van der Waals surface area contributed by atoms with Crippen LogP contribution in [0.2, 0.25) is 0 Å². The van der Waals surface area contributed by atoms with Crippen molar-refractivity contribution in [1.29, 1.82) is 0 Å². The summed E-state index contributed by atoms with van der Waals surface area (Å²) in [7, 11) is -0.519. The summed E-state index contributed by atoms with van der Waals surface area (Å²) < 4.78 is 24.6. The van der Waals surface area contributed by atoms with Gasteiger partial charge in [0.2, 0.25) is 5.91 Å².